The fourth-order valence-electron chi connectivity index (χ4n) is 9.21. The highest BCUT2D eigenvalue weighted by molar-refractivity contribution is 6.39. The summed E-state index contributed by atoms with van der Waals surface area (Å²) in [6.45, 7) is 13.7. The first-order valence-corrected chi connectivity index (χ1v) is 20.1. The fourth-order valence-corrected chi connectivity index (χ4v) is 9.21. The lowest BCUT2D eigenvalue weighted by Crippen LogP contribution is -2.63. The van der Waals surface area contributed by atoms with Crippen LogP contribution in [0.3, 0.4) is 0 Å². The van der Waals surface area contributed by atoms with Crippen molar-refractivity contribution in [1.82, 2.24) is 4.90 Å². The minimum atomic E-state index is -2.46. The number of amides is 1. The molecule has 1 saturated carbocycles. The molecule has 2 bridgehead atoms. The van der Waals surface area contributed by atoms with Crippen LogP contribution in [-0.2, 0) is 42.9 Å². The number of ether oxygens (including phenoxy) is 5. The van der Waals surface area contributed by atoms with E-state index in [2.05, 4.69) is 13.0 Å². The molecular formula is C42H67NO11. The Morgan fingerprint density at radius 3 is 2.20 bits per heavy atom. The number of Topliss-reactive ketones (excluding diaryl/α,β-unsaturated/α-hetero) is 2. The van der Waals surface area contributed by atoms with E-state index >= 15 is 0 Å². The first-order valence-electron chi connectivity index (χ1n) is 20.1. The Bertz CT molecular complexity index is 1400. The van der Waals surface area contributed by atoms with Gasteiger partial charge in [0, 0.05) is 52.0 Å². The van der Waals surface area contributed by atoms with E-state index in [1.54, 1.807) is 28.3 Å². The van der Waals surface area contributed by atoms with Crippen molar-refractivity contribution in [1.29, 1.82) is 0 Å². The number of carbonyl (C=O) groups is 4. The van der Waals surface area contributed by atoms with Crippen LogP contribution in [0, 0.1) is 35.5 Å². The lowest BCUT2D eigenvalue weighted by Gasteiger charge is -2.46. The number of hydrogen-bond donors (Lipinski definition) is 2. The van der Waals surface area contributed by atoms with Gasteiger partial charge in [-0.15, -0.1) is 0 Å². The molecule has 12 nitrogen and oxygen atoms in total. The summed E-state index contributed by atoms with van der Waals surface area (Å²) in [7, 11) is 4.68. The smallest absolute Gasteiger partial charge is 0.329 e. The number of aliphatic hydroxyl groups is 2. The summed E-state index contributed by atoms with van der Waals surface area (Å²) in [5.74, 6) is -6.50. The molecule has 12 heteroatoms. The molecule has 2 N–H and O–H groups in total. The summed E-state index contributed by atoms with van der Waals surface area (Å²) in [5.41, 5.74) is 1.88. The van der Waals surface area contributed by atoms with Crippen LogP contribution in [0.5, 0.6) is 0 Å². The van der Waals surface area contributed by atoms with Gasteiger partial charge in [0.15, 0.2) is 0 Å². The highest BCUT2D eigenvalue weighted by Crippen LogP contribution is 2.39. The standard InChI is InChI=1S/C42H67NO11/c1-23-16-24(2)18-35(51-9)38-36(52-10)21-28(6)42(49,54-38)39(46)40(47)43-15-11-12-31(43)41(48)53-37(29(7)25(3)20-33(45)26(4)17-23)27(5)19-30-13-14-32(44)34(22-30)50-8/h17,19,24-26,28-32,34-38,44,49H,11-16,18,20-22H2,1-10H3/b23-17+,27-19+. The molecule has 0 aromatic heterocycles. The number of esters is 1. The number of methoxy groups -OCH3 is 3. The number of nitrogens with zero attached hydrogens (tertiary/aromatic N) is 1. The predicted molar refractivity (Wildman–Crippen MR) is 202 cm³/mol. The van der Waals surface area contributed by atoms with Crippen LogP contribution in [0.25, 0.3) is 0 Å². The quantitative estimate of drug-likeness (QED) is 0.222. The molecule has 306 valence electrons. The molecule has 3 aliphatic heterocycles. The maximum absolute atomic E-state index is 14.2. The van der Waals surface area contributed by atoms with Gasteiger partial charge < -0.3 is 38.8 Å². The van der Waals surface area contributed by atoms with Crippen LogP contribution in [0.1, 0.15) is 106 Å². The summed E-state index contributed by atoms with van der Waals surface area (Å²) in [6.07, 6.45) is 5.05. The highest BCUT2D eigenvalue weighted by atomic mass is 16.7. The molecule has 14 unspecified atom stereocenters. The van der Waals surface area contributed by atoms with Gasteiger partial charge in [0.05, 0.1) is 24.4 Å². The van der Waals surface area contributed by atoms with E-state index < -0.39 is 65.9 Å². The number of rotatable bonds is 5. The molecule has 3 fully saturated rings. The maximum Gasteiger partial charge on any atom is 0.329 e. The number of hydrogen-bond acceptors (Lipinski definition) is 11. The topological polar surface area (TPSA) is 158 Å². The number of cyclic esters (lactones) is 1. The highest BCUT2D eigenvalue weighted by Gasteiger charge is 2.57. The third kappa shape index (κ3) is 10.1. The van der Waals surface area contributed by atoms with Gasteiger partial charge in [-0.3, -0.25) is 14.4 Å². The zero-order valence-corrected chi connectivity index (χ0v) is 34.2. The Labute approximate surface area is 322 Å². The first kappa shape index (κ1) is 44.2. The Morgan fingerprint density at radius 1 is 0.907 bits per heavy atom. The first-order chi connectivity index (χ1) is 25.4. The van der Waals surface area contributed by atoms with E-state index in [1.165, 1.54) is 4.90 Å². The van der Waals surface area contributed by atoms with Crippen molar-refractivity contribution in [2.24, 2.45) is 35.5 Å². The maximum atomic E-state index is 14.2. The van der Waals surface area contributed by atoms with Gasteiger partial charge in [-0.05, 0) is 88.5 Å². The summed E-state index contributed by atoms with van der Waals surface area (Å²) in [6, 6.07) is -1.04. The zero-order chi connectivity index (χ0) is 40.1. The second kappa shape index (κ2) is 19.1. The van der Waals surface area contributed by atoms with Crippen LogP contribution < -0.4 is 0 Å². The minimum Gasteiger partial charge on any atom is -0.456 e. The molecule has 0 aromatic carbocycles. The Kier molecular flexibility index (Phi) is 15.7. The molecule has 3 heterocycles. The Morgan fingerprint density at radius 2 is 1.56 bits per heavy atom. The summed E-state index contributed by atoms with van der Waals surface area (Å²) < 4.78 is 29.8. The number of allylic oxidation sites excluding steroid dienone is 3. The van der Waals surface area contributed by atoms with Crippen molar-refractivity contribution in [3.63, 3.8) is 0 Å². The van der Waals surface area contributed by atoms with Gasteiger partial charge in [-0.2, -0.15) is 0 Å². The fraction of sp³-hybridized carbons (Fsp3) is 0.810. The summed E-state index contributed by atoms with van der Waals surface area (Å²) >= 11 is 0. The second-order valence-electron chi connectivity index (χ2n) is 17.0. The molecule has 0 radical (unpaired) electrons. The summed E-state index contributed by atoms with van der Waals surface area (Å²) in [4.78, 5) is 57.2. The van der Waals surface area contributed by atoms with Gasteiger partial charge >= 0.3 is 5.97 Å². The van der Waals surface area contributed by atoms with Gasteiger partial charge in [0.1, 0.15) is 24.0 Å². The minimum absolute atomic E-state index is 0.0847. The van der Waals surface area contributed by atoms with Crippen molar-refractivity contribution >= 4 is 23.4 Å². The van der Waals surface area contributed by atoms with Crippen LogP contribution in [-0.4, -0.2) is 115 Å². The van der Waals surface area contributed by atoms with Crippen molar-refractivity contribution in [2.75, 3.05) is 27.9 Å². The van der Waals surface area contributed by atoms with Gasteiger partial charge in [-0.25, -0.2) is 4.79 Å². The average molecular weight is 762 g/mol. The lowest BCUT2D eigenvalue weighted by atomic mass is 9.79. The molecule has 54 heavy (non-hydrogen) atoms. The van der Waals surface area contributed by atoms with Gasteiger partial charge in [0.25, 0.3) is 11.7 Å². The van der Waals surface area contributed by atoms with Crippen molar-refractivity contribution < 1.29 is 53.1 Å². The number of aliphatic hydroxyl groups excluding tert-OH is 1. The van der Waals surface area contributed by atoms with Crippen LogP contribution in [0.15, 0.2) is 23.3 Å². The zero-order valence-electron chi connectivity index (χ0n) is 34.2. The van der Waals surface area contributed by atoms with Crippen LogP contribution >= 0.6 is 0 Å². The van der Waals surface area contributed by atoms with E-state index in [0.29, 0.717) is 38.5 Å². The van der Waals surface area contributed by atoms with E-state index in [-0.39, 0.29) is 60.9 Å². The molecule has 0 aromatic rings. The number of fused-ring (bicyclic) bond motifs is 3. The van der Waals surface area contributed by atoms with E-state index in [0.717, 1.165) is 17.6 Å². The van der Waals surface area contributed by atoms with Gasteiger partial charge in [-0.1, -0.05) is 52.3 Å². The summed E-state index contributed by atoms with van der Waals surface area (Å²) in [5, 5.41) is 22.3. The molecule has 4 rings (SSSR count). The van der Waals surface area contributed by atoms with Crippen molar-refractivity contribution in [3.8, 4) is 0 Å². The molecule has 1 amide bonds. The monoisotopic (exact) mass is 761 g/mol. The third-order valence-electron chi connectivity index (χ3n) is 12.7. The Hall–Kier alpha value is -2.48. The third-order valence-corrected chi connectivity index (χ3v) is 12.7. The number of carbonyl (C=O) groups excluding carboxylic acids is 4. The number of ketones is 2. The molecule has 14 atom stereocenters. The van der Waals surface area contributed by atoms with Crippen LogP contribution in [0.4, 0.5) is 0 Å². The molecular weight excluding hydrogens is 694 g/mol. The van der Waals surface area contributed by atoms with Crippen LogP contribution in [0.2, 0.25) is 0 Å². The van der Waals surface area contributed by atoms with E-state index in [9.17, 15) is 29.4 Å². The van der Waals surface area contributed by atoms with Crippen molar-refractivity contribution in [2.45, 2.75) is 155 Å². The lowest BCUT2D eigenvalue weighted by molar-refractivity contribution is -0.302. The Balaban J connectivity index is 1.73. The molecule has 4 aliphatic rings. The van der Waals surface area contributed by atoms with Gasteiger partial charge in [0.2, 0.25) is 5.79 Å². The second-order valence-corrected chi connectivity index (χ2v) is 17.0. The molecule has 2 saturated heterocycles. The van der Waals surface area contributed by atoms with E-state index in [4.69, 9.17) is 23.7 Å². The predicted octanol–water partition coefficient (Wildman–Crippen LogP) is 4.97. The molecule has 1 aliphatic carbocycles. The molecule has 0 spiro atoms. The normalized spacial score (nSPS) is 42.4. The van der Waals surface area contributed by atoms with E-state index in [1.807, 2.05) is 40.7 Å². The SMILES string of the molecule is COC1CC(/C=C(\C)C2OC(=O)C3CCCN3C(=O)C(=O)C3(O)OC(C(OC)CC(C)C/C(C)=C/C(C)C(=O)CC(C)C2C)C(OC)CC3C)CCC1O. The van der Waals surface area contributed by atoms with Crippen molar-refractivity contribution in [3.05, 3.63) is 23.3 Å². The average Bonchev–Trinajstić information content (AvgIpc) is 3.63. The largest absolute Gasteiger partial charge is 0.456 e.